The quantitative estimate of drug-likeness (QED) is 0.821. The van der Waals surface area contributed by atoms with Crippen molar-refractivity contribution in [2.24, 2.45) is 0 Å². The van der Waals surface area contributed by atoms with E-state index < -0.39 is 0 Å². The molecule has 1 aliphatic carbocycles. The summed E-state index contributed by atoms with van der Waals surface area (Å²) in [5.41, 5.74) is 2.42. The summed E-state index contributed by atoms with van der Waals surface area (Å²) in [6, 6.07) is 7.37. The number of hydrogen-bond acceptors (Lipinski definition) is 4. The predicted molar refractivity (Wildman–Crippen MR) is 85.4 cm³/mol. The Labute approximate surface area is 133 Å². The van der Waals surface area contributed by atoms with Crippen LogP contribution in [0.25, 0.3) is 5.69 Å². The molecule has 1 saturated carbocycles. The molecule has 0 spiro atoms. The Hall–Kier alpha value is -2.96. The monoisotopic (exact) mass is 311 g/mol. The lowest BCUT2D eigenvalue weighted by Gasteiger charge is -2.06. The van der Waals surface area contributed by atoms with Gasteiger partial charge in [-0.15, -0.1) is 5.10 Å². The third-order valence-corrected chi connectivity index (χ3v) is 3.59. The number of nitrogens with one attached hydrogen (secondary N) is 2. The Morgan fingerprint density at radius 2 is 2.00 bits per heavy atom. The van der Waals surface area contributed by atoms with Crippen LogP contribution in [-0.2, 0) is 4.79 Å². The van der Waals surface area contributed by atoms with Gasteiger partial charge in [-0.1, -0.05) is 11.8 Å². The maximum Gasteiger partial charge on any atom is 0.273 e. The van der Waals surface area contributed by atoms with Crippen LogP contribution in [0.15, 0.2) is 36.9 Å². The maximum atomic E-state index is 12.1. The molecule has 1 fully saturated rings. The molecule has 1 aromatic carbocycles. The van der Waals surface area contributed by atoms with E-state index in [4.69, 9.17) is 0 Å². The fraction of sp³-hybridized carbons (Fsp3) is 0.250. The summed E-state index contributed by atoms with van der Waals surface area (Å²) < 4.78 is 1.60. The Morgan fingerprint density at radius 3 is 2.61 bits per heavy atom. The molecule has 1 heterocycles. The average molecular weight is 311 g/mol. The van der Waals surface area contributed by atoms with Gasteiger partial charge in [0.05, 0.1) is 11.4 Å². The van der Waals surface area contributed by atoms with Crippen molar-refractivity contribution in [3.8, 4) is 5.69 Å². The van der Waals surface area contributed by atoms with E-state index in [0.29, 0.717) is 17.1 Å². The zero-order valence-corrected chi connectivity index (χ0v) is 12.7. The van der Waals surface area contributed by atoms with Crippen LogP contribution in [0.1, 0.15) is 29.0 Å². The van der Waals surface area contributed by atoms with Gasteiger partial charge in [-0.05, 0) is 50.1 Å². The van der Waals surface area contributed by atoms with E-state index in [-0.39, 0.29) is 17.9 Å². The summed E-state index contributed by atoms with van der Waals surface area (Å²) in [4.78, 5) is 23.3. The van der Waals surface area contributed by atoms with Gasteiger partial charge in [0.15, 0.2) is 5.69 Å². The number of hydrogen-bond donors (Lipinski definition) is 2. The molecule has 0 saturated heterocycles. The Morgan fingerprint density at radius 1 is 1.30 bits per heavy atom. The lowest BCUT2D eigenvalue weighted by Crippen LogP contribution is -2.26. The zero-order valence-electron chi connectivity index (χ0n) is 12.7. The molecule has 1 aromatic heterocycles. The number of carbonyl (C=O) groups is 2. The lowest BCUT2D eigenvalue weighted by atomic mass is 10.2. The predicted octanol–water partition coefficient (Wildman–Crippen LogP) is 1.59. The van der Waals surface area contributed by atoms with Crippen molar-refractivity contribution < 1.29 is 9.59 Å². The van der Waals surface area contributed by atoms with Crippen molar-refractivity contribution in [1.82, 2.24) is 20.3 Å². The molecule has 7 nitrogen and oxygen atoms in total. The highest BCUT2D eigenvalue weighted by Crippen LogP contribution is 2.20. The molecule has 3 rings (SSSR count). The van der Waals surface area contributed by atoms with E-state index >= 15 is 0 Å². The minimum atomic E-state index is -0.270. The number of rotatable bonds is 5. The molecule has 2 aromatic rings. The second-order valence-electron chi connectivity index (χ2n) is 5.42. The molecule has 0 radical (unpaired) electrons. The summed E-state index contributed by atoms with van der Waals surface area (Å²) >= 11 is 0. The number of benzene rings is 1. The fourth-order valence-corrected chi connectivity index (χ4v) is 2.14. The molecule has 0 bridgehead atoms. The van der Waals surface area contributed by atoms with Crippen LogP contribution in [0.2, 0.25) is 0 Å². The van der Waals surface area contributed by atoms with E-state index in [2.05, 4.69) is 27.5 Å². The van der Waals surface area contributed by atoms with Crippen molar-refractivity contribution in [3.05, 3.63) is 48.3 Å². The SMILES string of the molecule is C=CC(=O)Nc1ccc(-n2nnc(C(=O)NC3CC3)c2C)cc1. The minimum Gasteiger partial charge on any atom is -0.348 e. The van der Waals surface area contributed by atoms with Crippen molar-refractivity contribution in [1.29, 1.82) is 0 Å². The molecule has 1 aliphatic rings. The van der Waals surface area contributed by atoms with E-state index in [1.807, 2.05) is 0 Å². The van der Waals surface area contributed by atoms with E-state index in [0.717, 1.165) is 18.5 Å². The van der Waals surface area contributed by atoms with Crippen molar-refractivity contribution >= 4 is 17.5 Å². The Bertz CT molecular complexity index is 759. The van der Waals surface area contributed by atoms with E-state index in [9.17, 15) is 9.59 Å². The summed E-state index contributed by atoms with van der Waals surface area (Å²) in [7, 11) is 0. The molecule has 0 atom stereocenters. The number of aromatic nitrogens is 3. The fourth-order valence-electron chi connectivity index (χ4n) is 2.14. The Kier molecular flexibility index (Phi) is 3.92. The summed E-state index contributed by atoms with van der Waals surface area (Å²) in [6.45, 7) is 5.21. The highest BCUT2D eigenvalue weighted by molar-refractivity contribution is 5.98. The van der Waals surface area contributed by atoms with Crippen LogP contribution in [0, 0.1) is 6.92 Å². The molecule has 0 aliphatic heterocycles. The minimum absolute atomic E-state index is 0.189. The second kappa shape index (κ2) is 6.04. The van der Waals surface area contributed by atoms with Crippen LogP contribution in [0.4, 0.5) is 5.69 Å². The third kappa shape index (κ3) is 3.28. The topological polar surface area (TPSA) is 88.9 Å². The molecule has 7 heteroatoms. The van der Waals surface area contributed by atoms with Crippen molar-refractivity contribution in [2.75, 3.05) is 5.32 Å². The lowest BCUT2D eigenvalue weighted by molar-refractivity contribution is -0.111. The second-order valence-corrected chi connectivity index (χ2v) is 5.42. The van der Waals surface area contributed by atoms with Gasteiger partial charge >= 0.3 is 0 Å². The molecule has 2 N–H and O–H groups in total. The van der Waals surface area contributed by atoms with Gasteiger partial charge < -0.3 is 10.6 Å². The zero-order chi connectivity index (χ0) is 16.4. The molecule has 118 valence electrons. The van der Waals surface area contributed by atoms with Gasteiger partial charge in [0, 0.05) is 11.7 Å². The van der Waals surface area contributed by atoms with Crippen LogP contribution >= 0.6 is 0 Å². The smallest absolute Gasteiger partial charge is 0.273 e. The molecule has 2 amide bonds. The normalized spacial score (nSPS) is 13.4. The van der Waals surface area contributed by atoms with Gasteiger partial charge in [-0.2, -0.15) is 0 Å². The van der Waals surface area contributed by atoms with Crippen molar-refractivity contribution in [2.45, 2.75) is 25.8 Å². The third-order valence-electron chi connectivity index (χ3n) is 3.59. The van der Waals surface area contributed by atoms with Gasteiger partial charge in [0.2, 0.25) is 5.91 Å². The van der Waals surface area contributed by atoms with Crippen molar-refractivity contribution in [3.63, 3.8) is 0 Å². The van der Waals surface area contributed by atoms with Crippen LogP contribution in [-0.4, -0.2) is 32.9 Å². The maximum absolute atomic E-state index is 12.1. The highest BCUT2D eigenvalue weighted by Gasteiger charge is 2.26. The number of anilines is 1. The summed E-state index contributed by atoms with van der Waals surface area (Å²) in [5.74, 6) is -0.458. The van der Waals surface area contributed by atoms with E-state index in [1.165, 1.54) is 6.08 Å². The van der Waals surface area contributed by atoms with Gasteiger partial charge in [0.1, 0.15) is 0 Å². The summed E-state index contributed by atoms with van der Waals surface area (Å²) in [5, 5.41) is 13.6. The van der Waals surface area contributed by atoms with Crippen LogP contribution in [0.5, 0.6) is 0 Å². The first-order valence-electron chi connectivity index (χ1n) is 7.35. The largest absolute Gasteiger partial charge is 0.348 e. The van der Waals surface area contributed by atoms with Crippen LogP contribution < -0.4 is 10.6 Å². The molecular formula is C16H17N5O2. The van der Waals surface area contributed by atoms with Gasteiger partial charge in [0.25, 0.3) is 5.91 Å². The summed E-state index contributed by atoms with van der Waals surface area (Å²) in [6.07, 6.45) is 3.26. The van der Waals surface area contributed by atoms with Gasteiger partial charge in [-0.25, -0.2) is 4.68 Å². The molecule has 23 heavy (non-hydrogen) atoms. The highest BCUT2D eigenvalue weighted by atomic mass is 16.2. The first-order valence-corrected chi connectivity index (χ1v) is 7.35. The van der Waals surface area contributed by atoms with Gasteiger partial charge in [-0.3, -0.25) is 9.59 Å². The standard InChI is InChI=1S/C16H17N5O2/c1-3-14(22)17-11-6-8-13(9-7-11)21-10(2)15(19-20-21)16(23)18-12-4-5-12/h3,6-9,12H,1,4-5H2,2H3,(H,17,22)(H,18,23). The average Bonchev–Trinajstić information content (AvgIpc) is 3.28. The number of nitrogens with zero attached hydrogens (tertiary/aromatic N) is 3. The van der Waals surface area contributed by atoms with Crippen LogP contribution in [0.3, 0.4) is 0 Å². The molecular weight excluding hydrogens is 294 g/mol. The Balaban J connectivity index is 1.78. The number of amides is 2. The van der Waals surface area contributed by atoms with E-state index in [1.54, 1.807) is 35.9 Å². The first kappa shape index (κ1) is 15.0. The first-order chi connectivity index (χ1) is 11.1. The number of carbonyl (C=O) groups excluding carboxylic acids is 2. The molecule has 0 unspecified atom stereocenters.